The Morgan fingerprint density at radius 2 is 1.84 bits per heavy atom. The number of aryl methyl sites for hydroxylation is 1. The number of aliphatic imine (C=N–C) groups is 1. The van der Waals surface area contributed by atoms with Crippen LogP contribution in [0.5, 0.6) is 0 Å². The molecule has 0 spiro atoms. The third-order valence-electron chi connectivity index (χ3n) is 5.57. The van der Waals surface area contributed by atoms with Gasteiger partial charge in [0.1, 0.15) is 12.2 Å². The Balaban J connectivity index is 0.00000341. The standard InChI is InChI=1S/C22H36N8.HI/c1-4-21-27-26-18-30(21)12-11-24-22(23-5-2)25-17-19(3)28-13-15-29(16-14-28)20-9-7-6-8-10-20;/h6-10,18-19H,4-5,11-17H2,1-3H3,(H2,23,24,25);1H. The molecule has 3 rings (SSSR count). The minimum Gasteiger partial charge on any atom is -0.369 e. The van der Waals surface area contributed by atoms with Crippen molar-refractivity contribution >= 4 is 35.6 Å². The van der Waals surface area contributed by atoms with Crippen LogP contribution in [0.15, 0.2) is 41.7 Å². The van der Waals surface area contributed by atoms with Gasteiger partial charge in [-0.1, -0.05) is 25.1 Å². The van der Waals surface area contributed by atoms with Gasteiger partial charge in [-0.2, -0.15) is 0 Å². The Morgan fingerprint density at radius 1 is 1.10 bits per heavy atom. The van der Waals surface area contributed by atoms with Crippen molar-refractivity contribution in [2.45, 2.75) is 39.8 Å². The summed E-state index contributed by atoms with van der Waals surface area (Å²) in [4.78, 5) is 9.83. The number of hydrogen-bond acceptors (Lipinski definition) is 5. The van der Waals surface area contributed by atoms with E-state index < -0.39 is 0 Å². The first-order chi connectivity index (χ1) is 14.7. The van der Waals surface area contributed by atoms with E-state index in [9.17, 15) is 0 Å². The second-order valence-corrected chi connectivity index (χ2v) is 7.65. The molecule has 2 N–H and O–H groups in total. The minimum atomic E-state index is 0. The quantitative estimate of drug-likeness (QED) is 0.289. The van der Waals surface area contributed by atoms with Gasteiger partial charge in [-0.05, 0) is 26.0 Å². The highest BCUT2D eigenvalue weighted by molar-refractivity contribution is 14.0. The Hall–Kier alpha value is -1.88. The number of rotatable bonds is 9. The first-order valence-electron chi connectivity index (χ1n) is 11.1. The van der Waals surface area contributed by atoms with Gasteiger partial charge in [0, 0.05) is 64.0 Å². The molecule has 1 aliphatic heterocycles. The maximum Gasteiger partial charge on any atom is 0.191 e. The lowest BCUT2D eigenvalue weighted by atomic mass is 10.2. The zero-order valence-electron chi connectivity index (χ0n) is 19.0. The van der Waals surface area contributed by atoms with Crippen molar-refractivity contribution in [1.29, 1.82) is 0 Å². The summed E-state index contributed by atoms with van der Waals surface area (Å²) in [5, 5.41) is 14.9. The number of nitrogens with zero attached hydrogens (tertiary/aromatic N) is 6. The van der Waals surface area contributed by atoms with Crippen LogP contribution in [0.2, 0.25) is 0 Å². The van der Waals surface area contributed by atoms with Gasteiger partial charge in [-0.15, -0.1) is 34.2 Å². The summed E-state index contributed by atoms with van der Waals surface area (Å²) < 4.78 is 2.09. The van der Waals surface area contributed by atoms with Crippen LogP contribution in [-0.4, -0.2) is 77.5 Å². The predicted octanol–water partition coefficient (Wildman–Crippen LogP) is 2.22. The molecule has 0 saturated carbocycles. The van der Waals surface area contributed by atoms with Crippen molar-refractivity contribution in [2.75, 3.05) is 50.7 Å². The van der Waals surface area contributed by atoms with Crippen LogP contribution in [0, 0.1) is 0 Å². The maximum absolute atomic E-state index is 4.83. The second-order valence-electron chi connectivity index (χ2n) is 7.65. The average Bonchev–Trinajstić information content (AvgIpc) is 3.25. The Labute approximate surface area is 203 Å². The highest BCUT2D eigenvalue weighted by atomic mass is 127. The highest BCUT2D eigenvalue weighted by Gasteiger charge is 2.21. The summed E-state index contributed by atoms with van der Waals surface area (Å²) in [6.07, 6.45) is 2.69. The van der Waals surface area contributed by atoms with Crippen LogP contribution >= 0.6 is 24.0 Å². The fourth-order valence-electron chi connectivity index (χ4n) is 3.77. The number of nitrogens with one attached hydrogen (secondary N) is 2. The third kappa shape index (κ3) is 7.64. The smallest absolute Gasteiger partial charge is 0.191 e. The summed E-state index contributed by atoms with van der Waals surface area (Å²) in [6, 6.07) is 11.1. The second kappa shape index (κ2) is 13.5. The van der Waals surface area contributed by atoms with E-state index in [-0.39, 0.29) is 24.0 Å². The zero-order chi connectivity index (χ0) is 21.2. The van der Waals surface area contributed by atoms with E-state index in [2.05, 4.69) is 86.3 Å². The van der Waals surface area contributed by atoms with E-state index in [0.717, 1.165) is 70.6 Å². The number of anilines is 1. The summed E-state index contributed by atoms with van der Waals surface area (Å²) in [5.41, 5.74) is 1.32. The van der Waals surface area contributed by atoms with Gasteiger partial charge < -0.3 is 20.1 Å². The van der Waals surface area contributed by atoms with Gasteiger partial charge in [-0.3, -0.25) is 9.89 Å². The van der Waals surface area contributed by atoms with Crippen molar-refractivity contribution < 1.29 is 0 Å². The van der Waals surface area contributed by atoms with Crippen LogP contribution in [0.1, 0.15) is 26.6 Å². The first-order valence-corrected chi connectivity index (χ1v) is 11.1. The molecule has 1 fully saturated rings. The van der Waals surface area contributed by atoms with Gasteiger partial charge in [-0.25, -0.2) is 0 Å². The molecule has 1 unspecified atom stereocenters. The molecule has 172 valence electrons. The molecule has 0 aliphatic carbocycles. The number of aromatic nitrogens is 3. The van der Waals surface area contributed by atoms with Crippen molar-refractivity contribution in [3.8, 4) is 0 Å². The van der Waals surface area contributed by atoms with Gasteiger partial charge >= 0.3 is 0 Å². The molecule has 0 radical (unpaired) electrons. The monoisotopic (exact) mass is 540 g/mol. The Bertz CT molecular complexity index is 771. The van der Waals surface area contributed by atoms with Crippen LogP contribution in [-0.2, 0) is 13.0 Å². The van der Waals surface area contributed by atoms with Gasteiger partial charge in [0.2, 0.25) is 0 Å². The predicted molar refractivity (Wildman–Crippen MR) is 138 cm³/mol. The number of guanidine groups is 1. The van der Waals surface area contributed by atoms with Gasteiger partial charge in [0.25, 0.3) is 0 Å². The molecule has 1 aliphatic rings. The fraction of sp³-hybridized carbons (Fsp3) is 0.591. The van der Waals surface area contributed by atoms with E-state index in [4.69, 9.17) is 4.99 Å². The van der Waals surface area contributed by atoms with Crippen LogP contribution < -0.4 is 15.5 Å². The van der Waals surface area contributed by atoms with Gasteiger partial charge in [0.15, 0.2) is 5.96 Å². The van der Waals surface area contributed by atoms with Crippen molar-refractivity contribution in [2.24, 2.45) is 4.99 Å². The topological polar surface area (TPSA) is 73.6 Å². The van der Waals surface area contributed by atoms with Gasteiger partial charge in [0.05, 0.1) is 6.54 Å². The molecule has 2 heterocycles. The van der Waals surface area contributed by atoms with E-state index in [1.54, 1.807) is 6.33 Å². The molecule has 9 heteroatoms. The van der Waals surface area contributed by atoms with E-state index in [1.807, 2.05) is 0 Å². The lowest BCUT2D eigenvalue weighted by Crippen LogP contribution is -2.50. The summed E-state index contributed by atoms with van der Waals surface area (Å²) in [7, 11) is 0. The van der Waals surface area contributed by atoms with Crippen molar-refractivity contribution in [1.82, 2.24) is 30.3 Å². The number of benzene rings is 1. The molecule has 1 aromatic carbocycles. The molecule has 1 aromatic heterocycles. The normalized spacial score (nSPS) is 16.0. The zero-order valence-corrected chi connectivity index (χ0v) is 21.3. The number of para-hydroxylation sites is 1. The lowest BCUT2D eigenvalue weighted by Gasteiger charge is -2.38. The van der Waals surface area contributed by atoms with Crippen LogP contribution in [0.3, 0.4) is 0 Å². The van der Waals surface area contributed by atoms with E-state index in [1.165, 1.54) is 5.69 Å². The molecule has 0 bridgehead atoms. The molecule has 2 aromatic rings. The molecule has 31 heavy (non-hydrogen) atoms. The molecule has 0 amide bonds. The summed E-state index contributed by atoms with van der Waals surface area (Å²) in [6.45, 7) is 14.0. The maximum atomic E-state index is 4.83. The van der Waals surface area contributed by atoms with Crippen molar-refractivity contribution in [3.63, 3.8) is 0 Å². The molecule has 1 atom stereocenters. The summed E-state index contributed by atoms with van der Waals surface area (Å²) >= 11 is 0. The van der Waals surface area contributed by atoms with Crippen molar-refractivity contribution in [3.05, 3.63) is 42.5 Å². The number of halogens is 1. The minimum absolute atomic E-state index is 0. The van der Waals surface area contributed by atoms with E-state index >= 15 is 0 Å². The fourth-order valence-corrected chi connectivity index (χ4v) is 3.77. The molecule has 1 saturated heterocycles. The lowest BCUT2D eigenvalue weighted by molar-refractivity contribution is 0.201. The number of hydrogen-bond donors (Lipinski definition) is 2. The average molecular weight is 540 g/mol. The third-order valence-corrected chi connectivity index (χ3v) is 5.57. The van der Waals surface area contributed by atoms with Crippen LogP contribution in [0.4, 0.5) is 5.69 Å². The van der Waals surface area contributed by atoms with E-state index in [0.29, 0.717) is 6.04 Å². The first kappa shape index (κ1) is 25.4. The molecule has 8 nitrogen and oxygen atoms in total. The SMILES string of the molecule is CCNC(=NCC(C)N1CCN(c2ccccc2)CC1)NCCn1cnnc1CC.I. The Morgan fingerprint density at radius 3 is 2.52 bits per heavy atom. The Kier molecular flexibility index (Phi) is 11.1. The molecular formula is C22H37IN8. The highest BCUT2D eigenvalue weighted by Crippen LogP contribution is 2.16. The summed E-state index contributed by atoms with van der Waals surface area (Å²) in [5.74, 6) is 1.89. The molecular weight excluding hydrogens is 503 g/mol. The number of piperazine rings is 1. The van der Waals surface area contributed by atoms with Crippen LogP contribution in [0.25, 0.3) is 0 Å². The largest absolute Gasteiger partial charge is 0.369 e.